The third kappa shape index (κ3) is 3.31. The van der Waals surface area contributed by atoms with Crippen molar-refractivity contribution >= 4 is 23.0 Å². The number of benzene rings is 2. The molecule has 0 aliphatic rings. The minimum atomic E-state index is -0.285. The van der Waals surface area contributed by atoms with Crippen molar-refractivity contribution in [2.45, 2.75) is 6.92 Å². The molecule has 0 aliphatic heterocycles. The highest BCUT2D eigenvalue weighted by atomic mass is 19.1. The number of anilines is 3. The van der Waals surface area contributed by atoms with Crippen LogP contribution in [0.25, 0.3) is 0 Å². The van der Waals surface area contributed by atoms with Gasteiger partial charge in [-0.2, -0.15) is 0 Å². The van der Waals surface area contributed by atoms with E-state index in [-0.39, 0.29) is 11.7 Å². The Morgan fingerprint density at radius 2 is 1.90 bits per heavy atom. The predicted molar refractivity (Wildman–Crippen MR) is 83.3 cm³/mol. The van der Waals surface area contributed by atoms with E-state index in [1.165, 1.54) is 12.1 Å². The molecule has 3 N–H and O–H groups in total. The molecule has 4 nitrogen and oxygen atoms in total. The maximum Gasteiger partial charge on any atom is 0.251 e. The molecule has 0 heterocycles. The minimum absolute atomic E-state index is 0.153. The molecule has 0 aliphatic carbocycles. The molecular weight excluding hydrogens is 269 g/mol. The van der Waals surface area contributed by atoms with Crippen LogP contribution < -0.4 is 16.0 Å². The zero-order valence-electron chi connectivity index (χ0n) is 12.1. The van der Waals surface area contributed by atoms with Gasteiger partial charge in [0.2, 0.25) is 0 Å². The van der Waals surface area contributed by atoms with E-state index in [9.17, 15) is 9.18 Å². The number of hydrogen-bond donors (Lipinski definition) is 2. The average Bonchev–Trinajstić information content (AvgIpc) is 2.47. The lowest BCUT2D eigenvalue weighted by Crippen LogP contribution is -2.23. The van der Waals surface area contributed by atoms with Crippen LogP contribution in [-0.2, 0) is 0 Å². The van der Waals surface area contributed by atoms with Crippen LogP contribution in [0.1, 0.15) is 17.3 Å². The molecule has 1 amide bonds. The molecule has 2 aromatic rings. The maximum absolute atomic E-state index is 13.0. The highest BCUT2D eigenvalue weighted by molar-refractivity contribution is 5.96. The van der Waals surface area contributed by atoms with Crippen LogP contribution in [0.4, 0.5) is 21.5 Å². The topological polar surface area (TPSA) is 58.4 Å². The lowest BCUT2D eigenvalue weighted by Gasteiger charge is -2.21. The van der Waals surface area contributed by atoms with Gasteiger partial charge in [-0.25, -0.2) is 4.39 Å². The number of nitrogens with two attached hydrogens (primary N) is 1. The highest BCUT2D eigenvalue weighted by Crippen LogP contribution is 2.29. The Labute approximate surface area is 123 Å². The van der Waals surface area contributed by atoms with Crippen LogP contribution in [0.15, 0.2) is 42.5 Å². The number of carbonyl (C=O) groups is 1. The van der Waals surface area contributed by atoms with Gasteiger partial charge in [-0.3, -0.25) is 4.79 Å². The van der Waals surface area contributed by atoms with Crippen LogP contribution in [0.2, 0.25) is 0 Å². The third-order valence-corrected chi connectivity index (χ3v) is 3.20. The summed E-state index contributed by atoms with van der Waals surface area (Å²) < 4.78 is 13.0. The van der Waals surface area contributed by atoms with Crippen molar-refractivity contribution in [2.75, 3.05) is 24.2 Å². The van der Waals surface area contributed by atoms with E-state index in [1.54, 1.807) is 30.3 Å². The first kappa shape index (κ1) is 14.8. The van der Waals surface area contributed by atoms with E-state index in [2.05, 4.69) is 5.32 Å². The SMILES string of the molecule is CCNC(=O)c1ccc(N(C)c2ccc(F)cc2)c(N)c1. The van der Waals surface area contributed by atoms with Gasteiger partial charge in [0.1, 0.15) is 5.82 Å². The zero-order chi connectivity index (χ0) is 15.4. The van der Waals surface area contributed by atoms with Gasteiger partial charge >= 0.3 is 0 Å². The van der Waals surface area contributed by atoms with Crippen molar-refractivity contribution in [2.24, 2.45) is 0 Å². The van der Waals surface area contributed by atoms with Crippen LogP contribution in [0.3, 0.4) is 0 Å². The van der Waals surface area contributed by atoms with Crippen molar-refractivity contribution in [1.29, 1.82) is 0 Å². The molecule has 2 rings (SSSR count). The second-order valence-corrected chi connectivity index (χ2v) is 4.67. The highest BCUT2D eigenvalue weighted by Gasteiger charge is 2.11. The zero-order valence-corrected chi connectivity index (χ0v) is 12.1. The summed E-state index contributed by atoms with van der Waals surface area (Å²) in [6.45, 7) is 2.42. The summed E-state index contributed by atoms with van der Waals surface area (Å²) >= 11 is 0. The molecule has 0 bridgehead atoms. The Bertz CT molecular complexity index is 640. The fourth-order valence-corrected chi connectivity index (χ4v) is 2.07. The Morgan fingerprint density at radius 3 is 2.48 bits per heavy atom. The second-order valence-electron chi connectivity index (χ2n) is 4.67. The Morgan fingerprint density at radius 1 is 1.24 bits per heavy atom. The monoisotopic (exact) mass is 287 g/mol. The largest absolute Gasteiger partial charge is 0.397 e. The molecule has 2 aromatic carbocycles. The molecule has 110 valence electrons. The summed E-state index contributed by atoms with van der Waals surface area (Å²) in [6.07, 6.45) is 0. The minimum Gasteiger partial charge on any atom is -0.397 e. The first-order valence-corrected chi connectivity index (χ1v) is 6.70. The normalized spacial score (nSPS) is 10.2. The molecule has 0 saturated carbocycles. The van der Waals surface area contributed by atoms with Crippen molar-refractivity contribution in [3.63, 3.8) is 0 Å². The summed E-state index contributed by atoms with van der Waals surface area (Å²) in [5.74, 6) is -0.438. The fraction of sp³-hybridized carbons (Fsp3) is 0.188. The standard InChI is InChI=1S/C16H18FN3O/c1-3-19-16(21)11-4-9-15(14(18)10-11)20(2)13-7-5-12(17)6-8-13/h4-10H,3,18H2,1-2H3,(H,19,21). The summed E-state index contributed by atoms with van der Waals surface area (Å²) in [5, 5.41) is 2.73. The number of amides is 1. The summed E-state index contributed by atoms with van der Waals surface area (Å²) in [5.41, 5.74) is 8.61. The number of nitrogens with zero attached hydrogens (tertiary/aromatic N) is 1. The van der Waals surface area contributed by atoms with Gasteiger partial charge in [-0.05, 0) is 49.4 Å². The molecule has 0 radical (unpaired) electrons. The molecule has 0 aromatic heterocycles. The smallest absolute Gasteiger partial charge is 0.251 e. The molecule has 21 heavy (non-hydrogen) atoms. The Balaban J connectivity index is 2.28. The van der Waals surface area contributed by atoms with E-state index in [1.807, 2.05) is 18.9 Å². The van der Waals surface area contributed by atoms with E-state index >= 15 is 0 Å². The first-order chi connectivity index (χ1) is 10.0. The lowest BCUT2D eigenvalue weighted by atomic mass is 10.1. The molecule has 5 heteroatoms. The van der Waals surface area contributed by atoms with Gasteiger partial charge in [-0.15, -0.1) is 0 Å². The fourth-order valence-electron chi connectivity index (χ4n) is 2.07. The quantitative estimate of drug-likeness (QED) is 0.850. The first-order valence-electron chi connectivity index (χ1n) is 6.70. The second kappa shape index (κ2) is 6.26. The van der Waals surface area contributed by atoms with Gasteiger partial charge < -0.3 is 16.0 Å². The summed E-state index contributed by atoms with van der Waals surface area (Å²) in [4.78, 5) is 13.6. The van der Waals surface area contributed by atoms with Gasteiger partial charge in [-0.1, -0.05) is 0 Å². The van der Waals surface area contributed by atoms with E-state index in [0.29, 0.717) is 17.8 Å². The van der Waals surface area contributed by atoms with Crippen molar-refractivity contribution in [3.05, 3.63) is 53.8 Å². The van der Waals surface area contributed by atoms with Crippen LogP contribution in [0, 0.1) is 5.82 Å². The Kier molecular flexibility index (Phi) is 4.42. The van der Waals surface area contributed by atoms with Gasteiger partial charge in [0.05, 0.1) is 11.4 Å². The molecule has 0 unspecified atom stereocenters. The predicted octanol–water partition coefficient (Wildman–Crippen LogP) is 2.93. The van der Waals surface area contributed by atoms with Crippen LogP contribution >= 0.6 is 0 Å². The number of hydrogen-bond acceptors (Lipinski definition) is 3. The van der Waals surface area contributed by atoms with E-state index < -0.39 is 0 Å². The van der Waals surface area contributed by atoms with Crippen LogP contribution in [0.5, 0.6) is 0 Å². The molecule has 0 fully saturated rings. The summed E-state index contributed by atoms with van der Waals surface area (Å²) in [6, 6.07) is 11.3. The molecule has 0 saturated heterocycles. The van der Waals surface area contributed by atoms with E-state index in [4.69, 9.17) is 5.73 Å². The number of rotatable bonds is 4. The number of nitrogens with one attached hydrogen (secondary N) is 1. The number of carbonyl (C=O) groups excluding carboxylic acids is 1. The third-order valence-electron chi connectivity index (χ3n) is 3.20. The van der Waals surface area contributed by atoms with E-state index in [0.717, 1.165) is 11.4 Å². The average molecular weight is 287 g/mol. The molecular formula is C16H18FN3O. The van der Waals surface area contributed by atoms with Gasteiger partial charge in [0.15, 0.2) is 0 Å². The Hall–Kier alpha value is -2.56. The van der Waals surface area contributed by atoms with Crippen molar-refractivity contribution < 1.29 is 9.18 Å². The maximum atomic E-state index is 13.0. The van der Waals surface area contributed by atoms with Crippen molar-refractivity contribution in [3.8, 4) is 0 Å². The van der Waals surface area contributed by atoms with Gasteiger partial charge in [0.25, 0.3) is 5.91 Å². The van der Waals surface area contributed by atoms with Gasteiger partial charge in [0, 0.05) is 24.8 Å². The number of halogens is 1. The molecule has 0 atom stereocenters. The molecule has 0 spiro atoms. The van der Waals surface area contributed by atoms with Crippen LogP contribution in [-0.4, -0.2) is 19.5 Å². The number of nitrogen functional groups attached to an aromatic ring is 1. The summed E-state index contributed by atoms with van der Waals surface area (Å²) in [7, 11) is 1.84. The van der Waals surface area contributed by atoms with Crippen molar-refractivity contribution in [1.82, 2.24) is 5.32 Å². The lowest BCUT2D eigenvalue weighted by molar-refractivity contribution is 0.0956.